The first-order chi connectivity index (χ1) is 7.16. The third-order valence-corrected chi connectivity index (χ3v) is 2.22. The topological polar surface area (TPSA) is 38.3 Å². The van der Waals surface area contributed by atoms with Crippen LogP contribution in [0.1, 0.15) is 52.9 Å². The largest absolute Gasteiger partial charge is 0.450 e. The highest BCUT2D eigenvalue weighted by molar-refractivity contribution is 5.66. The van der Waals surface area contributed by atoms with Gasteiger partial charge in [-0.15, -0.1) is 0 Å². The van der Waals surface area contributed by atoms with Gasteiger partial charge in [0, 0.05) is 6.54 Å². The summed E-state index contributed by atoms with van der Waals surface area (Å²) in [6, 6.07) is 0. The first kappa shape index (κ1) is 14.3. The quantitative estimate of drug-likeness (QED) is 0.631. The van der Waals surface area contributed by atoms with Crippen LogP contribution in [0.4, 0.5) is 4.79 Å². The minimum atomic E-state index is -0.271. The monoisotopic (exact) mass is 215 g/mol. The van der Waals surface area contributed by atoms with E-state index in [4.69, 9.17) is 4.74 Å². The molecule has 0 atom stereocenters. The molecule has 0 fully saturated rings. The molecule has 0 rings (SSSR count). The maximum atomic E-state index is 11.1. The summed E-state index contributed by atoms with van der Waals surface area (Å²) in [7, 11) is 0. The van der Waals surface area contributed by atoms with Gasteiger partial charge in [-0.25, -0.2) is 4.79 Å². The van der Waals surface area contributed by atoms with Crippen molar-refractivity contribution in [2.45, 2.75) is 52.9 Å². The summed E-state index contributed by atoms with van der Waals surface area (Å²) in [5.41, 5.74) is 0. The van der Waals surface area contributed by atoms with E-state index in [-0.39, 0.29) is 6.09 Å². The van der Waals surface area contributed by atoms with Crippen LogP contribution in [0.25, 0.3) is 0 Å². The predicted molar refractivity (Wildman–Crippen MR) is 62.9 cm³/mol. The van der Waals surface area contributed by atoms with Gasteiger partial charge in [-0.3, -0.25) is 0 Å². The SMILES string of the molecule is CCCCCCOC(=O)NCCC(C)C. The molecule has 0 saturated carbocycles. The number of carbonyl (C=O) groups is 1. The summed E-state index contributed by atoms with van der Waals surface area (Å²) in [5.74, 6) is 0.620. The van der Waals surface area contributed by atoms with Crippen LogP contribution in [0.3, 0.4) is 0 Å². The minimum absolute atomic E-state index is 0.271. The number of hydrogen-bond donors (Lipinski definition) is 1. The molecule has 0 aromatic carbocycles. The Hall–Kier alpha value is -0.730. The molecule has 1 amide bonds. The van der Waals surface area contributed by atoms with Crippen molar-refractivity contribution in [1.82, 2.24) is 5.32 Å². The second kappa shape index (κ2) is 9.81. The zero-order valence-electron chi connectivity index (χ0n) is 10.3. The number of alkyl carbamates (subject to hydrolysis) is 1. The van der Waals surface area contributed by atoms with Crippen molar-refractivity contribution < 1.29 is 9.53 Å². The lowest BCUT2D eigenvalue weighted by atomic mass is 10.1. The summed E-state index contributed by atoms with van der Waals surface area (Å²) in [6.07, 6.45) is 5.29. The molecule has 90 valence electrons. The molecule has 0 aliphatic rings. The van der Waals surface area contributed by atoms with E-state index in [0.29, 0.717) is 19.1 Å². The Labute approximate surface area is 93.6 Å². The number of hydrogen-bond acceptors (Lipinski definition) is 2. The first-order valence-corrected chi connectivity index (χ1v) is 6.07. The summed E-state index contributed by atoms with van der Waals surface area (Å²) < 4.78 is 5.02. The van der Waals surface area contributed by atoms with Crippen molar-refractivity contribution in [1.29, 1.82) is 0 Å². The Morgan fingerprint density at radius 2 is 2.00 bits per heavy atom. The van der Waals surface area contributed by atoms with Crippen LogP contribution >= 0.6 is 0 Å². The Morgan fingerprint density at radius 1 is 1.27 bits per heavy atom. The van der Waals surface area contributed by atoms with Crippen molar-refractivity contribution in [3.63, 3.8) is 0 Å². The van der Waals surface area contributed by atoms with Crippen LogP contribution < -0.4 is 5.32 Å². The van der Waals surface area contributed by atoms with E-state index in [0.717, 1.165) is 19.3 Å². The highest BCUT2D eigenvalue weighted by Gasteiger charge is 2.01. The molecule has 0 heterocycles. The average Bonchev–Trinajstić information content (AvgIpc) is 2.17. The third kappa shape index (κ3) is 11.2. The van der Waals surface area contributed by atoms with Gasteiger partial charge in [-0.2, -0.15) is 0 Å². The molecule has 0 spiro atoms. The molecule has 3 nitrogen and oxygen atoms in total. The van der Waals surface area contributed by atoms with E-state index in [1.165, 1.54) is 12.8 Å². The van der Waals surface area contributed by atoms with E-state index >= 15 is 0 Å². The fourth-order valence-electron chi connectivity index (χ4n) is 1.21. The van der Waals surface area contributed by atoms with Crippen LogP contribution in [0.15, 0.2) is 0 Å². The van der Waals surface area contributed by atoms with Gasteiger partial charge in [-0.1, -0.05) is 40.0 Å². The van der Waals surface area contributed by atoms with Crippen molar-refractivity contribution >= 4 is 6.09 Å². The zero-order chi connectivity index (χ0) is 11.5. The molecule has 0 aromatic rings. The summed E-state index contributed by atoms with van der Waals surface area (Å²) in [4.78, 5) is 11.1. The van der Waals surface area contributed by atoms with Gasteiger partial charge in [0.2, 0.25) is 0 Å². The lowest BCUT2D eigenvalue weighted by Gasteiger charge is -2.07. The fourth-order valence-corrected chi connectivity index (χ4v) is 1.21. The number of amides is 1. The molecule has 1 N–H and O–H groups in total. The molecule has 0 radical (unpaired) electrons. The number of unbranched alkanes of at least 4 members (excludes halogenated alkanes) is 3. The predicted octanol–water partition coefficient (Wildman–Crippen LogP) is 3.34. The van der Waals surface area contributed by atoms with Crippen molar-refractivity contribution in [2.24, 2.45) is 5.92 Å². The maximum Gasteiger partial charge on any atom is 0.407 e. The minimum Gasteiger partial charge on any atom is -0.450 e. The van der Waals surface area contributed by atoms with Gasteiger partial charge >= 0.3 is 6.09 Å². The van der Waals surface area contributed by atoms with E-state index in [1.807, 2.05) is 0 Å². The number of nitrogens with one attached hydrogen (secondary N) is 1. The van der Waals surface area contributed by atoms with Crippen molar-refractivity contribution in [3.05, 3.63) is 0 Å². The smallest absolute Gasteiger partial charge is 0.407 e. The van der Waals surface area contributed by atoms with Crippen LogP contribution in [0.5, 0.6) is 0 Å². The summed E-state index contributed by atoms with van der Waals surface area (Å²) in [6.45, 7) is 7.70. The molecule has 0 unspecified atom stereocenters. The standard InChI is InChI=1S/C12H25NO2/c1-4-5-6-7-10-15-12(14)13-9-8-11(2)3/h11H,4-10H2,1-3H3,(H,13,14). The van der Waals surface area contributed by atoms with Crippen LogP contribution in [-0.4, -0.2) is 19.2 Å². The molecule has 15 heavy (non-hydrogen) atoms. The molecule has 0 saturated heterocycles. The van der Waals surface area contributed by atoms with Gasteiger partial charge < -0.3 is 10.1 Å². The van der Waals surface area contributed by atoms with E-state index in [1.54, 1.807) is 0 Å². The lowest BCUT2D eigenvalue weighted by Crippen LogP contribution is -2.26. The lowest BCUT2D eigenvalue weighted by molar-refractivity contribution is 0.143. The Morgan fingerprint density at radius 3 is 2.60 bits per heavy atom. The number of rotatable bonds is 8. The van der Waals surface area contributed by atoms with Crippen molar-refractivity contribution in [3.8, 4) is 0 Å². The summed E-state index contributed by atoms with van der Waals surface area (Å²) >= 11 is 0. The Kier molecular flexibility index (Phi) is 9.33. The highest BCUT2D eigenvalue weighted by atomic mass is 16.5. The third-order valence-electron chi connectivity index (χ3n) is 2.22. The van der Waals surface area contributed by atoms with Gasteiger partial charge in [0.05, 0.1) is 6.61 Å². The Bertz CT molecular complexity index is 158. The molecule has 0 aliphatic carbocycles. The number of ether oxygens (including phenoxy) is 1. The Balaban J connectivity index is 3.19. The zero-order valence-corrected chi connectivity index (χ0v) is 10.3. The highest BCUT2D eigenvalue weighted by Crippen LogP contribution is 1.99. The van der Waals surface area contributed by atoms with Gasteiger partial charge in [0.15, 0.2) is 0 Å². The fraction of sp³-hybridized carbons (Fsp3) is 0.917. The second-order valence-electron chi connectivity index (χ2n) is 4.31. The van der Waals surface area contributed by atoms with Gasteiger partial charge in [0.1, 0.15) is 0 Å². The average molecular weight is 215 g/mol. The number of carbonyl (C=O) groups excluding carboxylic acids is 1. The molecule has 0 aromatic heterocycles. The molecule has 3 heteroatoms. The van der Waals surface area contributed by atoms with Crippen LogP contribution in [0, 0.1) is 5.92 Å². The van der Waals surface area contributed by atoms with Crippen molar-refractivity contribution in [2.75, 3.05) is 13.2 Å². The second-order valence-corrected chi connectivity index (χ2v) is 4.31. The normalized spacial score (nSPS) is 10.4. The van der Waals surface area contributed by atoms with E-state index < -0.39 is 0 Å². The van der Waals surface area contributed by atoms with E-state index in [2.05, 4.69) is 26.1 Å². The molecular weight excluding hydrogens is 190 g/mol. The summed E-state index contributed by atoms with van der Waals surface area (Å²) in [5, 5.41) is 2.74. The van der Waals surface area contributed by atoms with Gasteiger partial charge in [-0.05, 0) is 18.8 Å². The molecule has 0 aliphatic heterocycles. The van der Waals surface area contributed by atoms with E-state index in [9.17, 15) is 4.79 Å². The maximum absolute atomic E-state index is 11.1. The van der Waals surface area contributed by atoms with Gasteiger partial charge in [0.25, 0.3) is 0 Å². The van der Waals surface area contributed by atoms with Crippen LogP contribution in [-0.2, 0) is 4.74 Å². The van der Waals surface area contributed by atoms with Crippen LogP contribution in [0.2, 0.25) is 0 Å². The molecule has 0 bridgehead atoms. The molecular formula is C12H25NO2. The first-order valence-electron chi connectivity index (χ1n) is 6.07.